The largest absolute Gasteiger partial charge is 0.378 e. The lowest BCUT2D eigenvalue weighted by Crippen LogP contribution is -3.15. The summed E-state index contributed by atoms with van der Waals surface area (Å²) in [6.45, 7) is 6.02. The van der Waals surface area contributed by atoms with Gasteiger partial charge in [0.25, 0.3) is 0 Å². The topological polar surface area (TPSA) is 58.0 Å². The van der Waals surface area contributed by atoms with Gasteiger partial charge in [-0.15, -0.1) is 0 Å². The molecule has 0 aromatic heterocycles. The molecule has 1 heterocycles. The molecule has 0 saturated carbocycles. The number of hydrogen-bond acceptors (Lipinski definition) is 3. The van der Waals surface area contributed by atoms with Gasteiger partial charge in [-0.05, 0) is 31.2 Å². The second-order valence-corrected chi connectivity index (χ2v) is 7.51. The highest BCUT2D eigenvalue weighted by Crippen LogP contribution is 2.16. The molecule has 1 fully saturated rings. The minimum Gasteiger partial charge on any atom is -0.378 e. The van der Waals surface area contributed by atoms with Gasteiger partial charge in [0.2, 0.25) is 0 Å². The van der Waals surface area contributed by atoms with E-state index in [1.54, 1.807) is 0 Å². The van der Waals surface area contributed by atoms with Crippen LogP contribution in [0.3, 0.4) is 0 Å². The fourth-order valence-electron chi connectivity index (χ4n) is 3.49. The van der Waals surface area contributed by atoms with Gasteiger partial charge in [-0.2, -0.15) is 0 Å². The van der Waals surface area contributed by atoms with Gasteiger partial charge in [-0.1, -0.05) is 29.8 Å². The Morgan fingerprint density at radius 2 is 1.71 bits per heavy atom. The zero-order valence-corrected chi connectivity index (χ0v) is 17.0. The molecule has 1 saturated heterocycles. The van der Waals surface area contributed by atoms with E-state index in [4.69, 9.17) is 4.74 Å². The third kappa shape index (κ3) is 5.47. The number of ether oxygens (including phenoxy) is 1. The van der Waals surface area contributed by atoms with Crippen molar-refractivity contribution in [2.75, 3.05) is 57.2 Å². The molecule has 2 amide bonds. The van der Waals surface area contributed by atoms with E-state index in [9.17, 15) is 4.79 Å². The van der Waals surface area contributed by atoms with Crippen LogP contribution in [0.5, 0.6) is 0 Å². The molecule has 0 spiro atoms. The van der Waals surface area contributed by atoms with Crippen molar-refractivity contribution < 1.29 is 14.4 Å². The van der Waals surface area contributed by atoms with Gasteiger partial charge < -0.3 is 25.2 Å². The third-order valence-corrected chi connectivity index (χ3v) is 5.22. The molecule has 3 rings (SSSR count). The lowest BCUT2D eigenvalue weighted by atomic mass is 10.0. The van der Waals surface area contributed by atoms with Crippen LogP contribution in [0.1, 0.15) is 17.2 Å². The number of hydrogen-bond donors (Lipinski definition) is 3. The van der Waals surface area contributed by atoms with E-state index in [0.717, 1.165) is 32.0 Å². The van der Waals surface area contributed by atoms with Crippen LogP contribution in [0.2, 0.25) is 0 Å². The van der Waals surface area contributed by atoms with E-state index in [0.29, 0.717) is 6.54 Å². The number of urea groups is 1. The summed E-state index contributed by atoms with van der Waals surface area (Å²) in [6.07, 6.45) is 0. The van der Waals surface area contributed by atoms with Crippen molar-refractivity contribution >= 4 is 17.4 Å². The second kappa shape index (κ2) is 9.57. The first-order chi connectivity index (χ1) is 13.5. The number of aryl methyl sites for hydroxylation is 1. The van der Waals surface area contributed by atoms with Crippen LogP contribution in [0.4, 0.5) is 16.2 Å². The standard InChI is InChI=1S/C22H30N4O2/c1-17-4-8-19(9-5-17)24-22(27)23-16-21(26-12-14-28-15-13-26)18-6-10-20(11-7-18)25(2)3/h4-11,21H,12-16H2,1-3H3,(H2,23,24,27)/p+1/t21-/m0/s1. The van der Waals surface area contributed by atoms with Crippen LogP contribution >= 0.6 is 0 Å². The predicted octanol–water partition coefficient (Wildman–Crippen LogP) is 1.84. The highest BCUT2D eigenvalue weighted by atomic mass is 16.5. The van der Waals surface area contributed by atoms with Gasteiger partial charge >= 0.3 is 6.03 Å². The molecule has 1 atom stereocenters. The maximum Gasteiger partial charge on any atom is 0.319 e. The number of anilines is 2. The summed E-state index contributed by atoms with van der Waals surface area (Å²) in [7, 11) is 4.08. The van der Waals surface area contributed by atoms with Crippen molar-refractivity contribution in [1.29, 1.82) is 0 Å². The molecular formula is C22H31N4O2+. The number of morpholine rings is 1. The molecule has 0 bridgehead atoms. The second-order valence-electron chi connectivity index (χ2n) is 7.51. The summed E-state index contributed by atoms with van der Waals surface area (Å²) < 4.78 is 5.52. The SMILES string of the molecule is Cc1ccc(NC(=O)NC[C@@H](c2ccc(N(C)C)cc2)[NH+]2CCOCC2)cc1. The monoisotopic (exact) mass is 383 g/mol. The summed E-state index contributed by atoms with van der Waals surface area (Å²) in [6, 6.07) is 16.4. The predicted molar refractivity (Wildman–Crippen MR) is 113 cm³/mol. The Kier molecular flexibility index (Phi) is 6.90. The molecule has 0 aliphatic carbocycles. The van der Waals surface area contributed by atoms with Crippen molar-refractivity contribution in [1.82, 2.24) is 5.32 Å². The van der Waals surface area contributed by atoms with Gasteiger partial charge in [0.05, 0.1) is 19.8 Å². The molecule has 150 valence electrons. The third-order valence-electron chi connectivity index (χ3n) is 5.22. The molecule has 6 nitrogen and oxygen atoms in total. The average molecular weight is 384 g/mol. The van der Waals surface area contributed by atoms with E-state index in [1.807, 2.05) is 45.3 Å². The van der Waals surface area contributed by atoms with Gasteiger partial charge in [0, 0.05) is 31.0 Å². The molecule has 0 radical (unpaired) electrons. The van der Waals surface area contributed by atoms with Crippen LogP contribution in [0.15, 0.2) is 48.5 Å². The fraction of sp³-hybridized carbons (Fsp3) is 0.409. The maximum absolute atomic E-state index is 12.4. The number of nitrogens with zero attached hydrogens (tertiary/aromatic N) is 1. The van der Waals surface area contributed by atoms with E-state index in [1.165, 1.54) is 21.7 Å². The normalized spacial score (nSPS) is 15.7. The summed E-state index contributed by atoms with van der Waals surface area (Å²) in [5.41, 5.74) is 4.37. The first-order valence-electron chi connectivity index (χ1n) is 9.84. The van der Waals surface area contributed by atoms with Gasteiger partial charge in [0.1, 0.15) is 19.1 Å². The lowest BCUT2D eigenvalue weighted by Gasteiger charge is -2.32. The molecule has 28 heavy (non-hydrogen) atoms. The molecule has 0 unspecified atom stereocenters. The first kappa shape index (κ1) is 20.2. The van der Waals surface area contributed by atoms with Crippen LogP contribution in [0.25, 0.3) is 0 Å². The smallest absolute Gasteiger partial charge is 0.319 e. The first-order valence-corrected chi connectivity index (χ1v) is 9.84. The Hall–Kier alpha value is -2.57. The minimum absolute atomic E-state index is 0.175. The van der Waals surface area contributed by atoms with Gasteiger partial charge in [-0.25, -0.2) is 4.79 Å². The Bertz CT molecular complexity index is 753. The summed E-state index contributed by atoms with van der Waals surface area (Å²) >= 11 is 0. The number of nitrogens with one attached hydrogen (secondary N) is 3. The van der Waals surface area contributed by atoms with Crippen LogP contribution in [-0.2, 0) is 4.74 Å². The number of rotatable bonds is 6. The molecule has 2 aromatic carbocycles. The summed E-state index contributed by atoms with van der Waals surface area (Å²) in [5, 5.41) is 5.97. The van der Waals surface area contributed by atoms with Crippen molar-refractivity contribution in [2.24, 2.45) is 0 Å². The maximum atomic E-state index is 12.4. The number of benzene rings is 2. The fourth-order valence-corrected chi connectivity index (χ4v) is 3.49. The highest BCUT2D eigenvalue weighted by molar-refractivity contribution is 5.89. The minimum atomic E-state index is -0.175. The van der Waals surface area contributed by atoms with Crippen molar-refractivity contribution in [2.45, 2.75) is 13.0 Å². The Morgan fingerprint density at radius 1 is 1.07 bits per heavy atom. The van der Waals surface area contributed by atoms with Crippen LogP contribution < -0.4 is 20.4 Å². The van der Waals surface area contributed by atoms with Crippen LogP contribution in [0, 0.1) is 6.92 Å². The average Bonchev–Trinajstić information content (AvgIpc) is 2.71. The van der Waals surface area contributed by atoms with Crippen molar-refractivity contribution in [3.63, 3.8) is 0 Å². The van der Waals surface area contributed by atoms with E-state index >= 15 is 0 Å². The zero-order chi connectivity index (χ0) is 19.9. The van der Waals surface area contributed by atoms with Gasteiger partial charge in [-0.3, -0.25) is 0 Å². The van der Waals surface area contributed by atoms with Crippen LogP contribution in [-0.4, -0.2) is 53.0 Å². The Morgan fingerprint density at radius 3 is 2.32 bits per heavy atom. The summed E-state index contributed by atoms with van der Waals surface area (Å²) in [4.78, 5) is 15.9. The molecular weight excluding hydrogens is 352 g/mol. The van der Waals surface area contributed by atoms with E-state index < -0.39 is 0 Å². The van der Waals surface area contributed by atoms with Crippen molar-refractivity contribution in [3.05, 3.63) is 59.7 Å². The number of amides is 2. The van der Waals surface area contributed by atoms with Gasteiger partial charge in [0.15, 0.2) is 0 Å². The number of carbonyl (C=O) groups is 1. The number of quaternary nitrogens is 1. The summed E-state index contributed by atoms with van der Waals surface area (Å²) in [5.74, 6) is 0. The van der Waals surface area contributed by atoms with Crippen molar-refractivity contribution in [3.8, 4) is 0 Å². The lowest BCUT2D eigenvalue weighted by molar-refractivity contribution is -0.937. The Balaban J connectivity index is 1.66. The highest BCUT2D eigenvalue weighted by Gasteiger charge is 2.27. The molecule has 2 aromatic rings. The molecule has 1 aliphatic heterocycles. The van der Waals surface area contributed by atoms with E-state index in [2.05, 4.69) is 39.8 Å². The number of carbonyl (C=O) groups excluding carboxylic acids is 1. The quantitative estimate of drug-likeness (QED) is 0.713. The zero-order valence-electron chi connectivity index (χ0n) is 17.0. The molecule has 6 heteroatoms. The molecule has 1 aliphatic rings. The Labute approximate surface area is 167 Å². The molecule has 3 N–H and O–H groups in total. The van der Waals surface area contributed by atoms with E-state index in [-0.39, 0.29) is 12.1 Å².